The highest BCUT2D eigenvalue weighted by atomic mass is 16.1. The summed E-state index contributed by atoms with van der Waals surface area (Å²) in [6.45, 7) is 2.59. The maximum Gasteiger partial charge on any atom is 0.234 e. The van der Waals surface area contributed by atoms with E-state index in [1.54, 1.807) is 0 Å². The Morgan fingerprint density at radius 2 is 2.14 bits per heavy atom. The van der Waals surface area contributed by atoms with Gasteiger partial charge in [0.2, 0.25) is 6.08 Å². The molecule has 0 aliphatic rings. The van der Waals surface area contributed by atoms with Gasteiger partial charge in [0.25, 0.3) is 0 Å². The van der Waals surface area contributed by atoms with Gasteiger partial charge < -0.3 is 0 Å². The van der Waals surface area contributed by atoms with Crippen molar-refractivity contribution in [2.45, 2.75) is 13.3 Å². The van der Waals surface area contributed by atoms with E-state index in [0.717, 1.165) is 6.42 Å². The number of hydrogen-bond acceptors (Lipinski definition) is 2. The standard InChI is InChI=1S/C12H14NO/c1-11(7-8-13-10-14)9-12-5-3-2-4-6-12/h2-7,11H,8-9H2,1H3. The predicted molar refractivity (Wildman–Crippen MR) is 56.6 cm³/mol. The lowest BCUT2D eigenvalue weighted by molar-refractivity contribution is 0.562. The predicted octanol–water partition coefficient (Wildman–Crippen LogP) is 2.41. The molecule has 0 aliphatic carbocycles. The minimum Gasteiger partial charge on any atom is -0.211 e. The summed E-state index contributed by atoms with van der Waals surface area (Å²) in [6.07, 6.45) is 4.55. The van der Waals surface area contributed by atoms with Gasteiger partial charge in [0.15, 0.2) is 0 Å². The van der Waals surface area contributed by atoms with Gasteiger partial charge in [-0.15, -0.1) is 0 Å². The van der Waals surface area contributed by atoms with Crippen molar-refractivity contribution in [2.24, 2.45) is 10.9 Å². The van der Waals surface area contributed by atoms with E-state index in [4.69, 9.17) is 0 Å². The van der Waals surface area contributed by atoms with Crippen LogP contribution in [0.25, 0.3) is 0 Å². The Labute approximate surface area is 84.7 Å². The summed E-state index contributed by atoms with van der Waals surface area (Å²) in [5.41, 5.74) is 1.31. The van der Waals surface area contributed by atoms with Crippen LogP contribution in [-0.4, -0.2) is 12.6 Å². The van der Waals surface area contributed by atoms with Crippen LogP contribution in [0.5, 0.6) is 0 Å². The molecule has 1 radical (unpaired) electrons. The highest BCUT2D eigenvalue weighted by molar-refractivity contribution is 5.33. The van der Waals surface area contributed by atoms with Crippen molar-refractivity contribution < 1.29 is 4.79 Å². The summed E-state index contributed by atoms with van der Waals surface area (Å²) in [7, 11) is 0. The van der Waals surface area contributed by atoms with E-state index in [0.29, 0.717) is 12.5 Å². The summed E-state index contributed by atoms with van der Waals surface area (Å²) in [5, 5.41) is 0. The van der Waals surface area contributed by atoms with E-state index >= 15 is 0 Å². The molecule has 0 bridgehead atoms. The molecule has 1 rings (SSSR count). The summed E-state index contributed by atoms with van der Waals surface area (Å²) >= 11 is 0. The van der Waals surface area contributed by atoms with E-state index in [2.05, 4.69) is 24.0 Å². The molecule has 14 heavy (non-hydrogen) atoms. The second kappa shape index (κ2) is 6.11. The van der Waals surface area contributed by atoms with Crippen LogP contribution in [0.15, 0.2) is 35.3 Å². The molecule has 0 aromatic heterocycles. The second-order valence-corrected chi connectivity index (χ2v) is 3.33. The number of aliphatic imine (C=N–C) groups is 1. The third-order valence-corrected chi connectivity index (χ3v) is 2.06. The molecule has 1 atom stereocenters. The molecule has 2 heteroatoms. The van der Waals surface area contributed by atoms with Gasteiger partial charge in [-0.2, -0.15) is 0 Å². The Morgan fingerprint density at radius 1 is 1.43 bits per heavy atom. The molecule has 0 spiro atoms. The van der Waals surface area contributed by atoms with E-state index in [1.807, 2.05) is 24.6 Å². The quantitative estimate of drug-likeness (QED) is 0.515. The van der Waals surface area contributed by atoms with Crippen molar-refractivity contribution in [1.82, 2.24) is 0 Å². The number of hydrogen-bond donors (Lipinski definition) is 0. The Hall–Kier alpha value is -1.40. The Kier molecular flexibility index (Phi) is 4.66. The van der Waals surface area contributed by atoms with Crippen molar-refractivity contribution in [3.05, 3.63) is 42.3 Å². The van der Waals surface area contributed by atoms with Crippen molar-refractivity contribution in [3.8, 4) is 0 Å². The van der Waals surface area contributed by atoms with Gasteiger partial charge in [-0.05, 0) is 24.3 Å². The van der Waals surface area contributed by atoms with Gasteiger partial charge in [-0.1, -0.05) is 37.3 Å². The fourth-order valence-electron chi connectivity index (χ4n) is 1.34. The first kappa shape index (κ1) is 10.7. The molecule has 0 amide bonds. The Bertz CT molecular complexity index is 301. The van der Waals surface area contributed by atoms with Gasteiger partial charge in [-0.25, -0.2) is 9.79 Å². The zero-order valence-electron chi connectivity index (χ0n) is 8.31. The first-order valence-corrected chi connectivity index (χ1v) is 4.74. The number of rotatable bonds is 5. The van der Waals surface area contributed by atoms with Gasteiger partial charge in [0.05, 0.1) is 6.54 Å². The molecular weight excluding hydrogens is 174 g/mol. The third kappa shape index (κ3) is 4.01. The molecule has 1 aromatic rings. The highest BCUT2D eigenvalue weighted by Gasteiger charge is 2.02. The molecule has 1 aromatic carbocycles. The van der Waals surface area contributed by atoms with E-state index in [9.17, 15) is 4.79 Å². The number of carbonyl (C=O) groups excluding carboxylic acids is 1. The van der Waals surface area contributed by atoms with Crippen LogP contribution < -0.4 is 0 Å². The van der Waals surface area contributed by atoms with Gasteiger partial charge >= 0.3 is 0 Å². The van der Waals surface area contributed by atoms with E-state index < -0.39 is 0 Å². The molecule has 0 saturated carbocycles. The summed E-state index contributed by atoms with van der Waals surface area (Å²) in [6, 6.07) is 10.3. The van der Waals surface area contributed by atoms with Crippen molar-refractivity contribution >= 4 is 6.08 Å². The van der Waals surface area contributed by atoms with Crippen LogP contribution in [0.3, 0.4) is 0 Å². The first-order chi connectivity index (χ1) is 6.83. The van der Waals surface area contributed by atoms with Gasteiger partial charge in [0, 0.05) is 0 Å². The smallest absolute Gasteiger partial charge is 0.211 e. The summed E-state index contributed by atoms with van der Waals surface area (Å²) in [5.74, 6) is 0.439. The van der Waals surface area contributed by atoms with Crippen molar-refractivity contribution in [2.75, 3.05) is 6.54 Å². The summed E-state index contributed by atoms with van der Waals surface area (Å²) < 4.78 is 0. The molecular formula is C12H14NO. The fourth-order valence-corrected chi connectivity index (χ4v) is 1.34. The lowest BCUT2D eigenvalue weighted by Crippen LogP contribution is -2.02. The van der Waals surface area contributed by atoms with Crippen LogP contribution in [0, 0.1) is 12.3 Å². The van der Waals surface area contributed by atoms with Crippen LogP contribution >= 0.6 is 0 Å². The molecule has 0 aliphatic heterocycles. The molecule has 2 nitrogen and oxygen atoms in total. The minimum absolute atomic E-state index is 0.439. The molecule has 1 unspecified atom stereocenters. The summed E-state index contributed by atoms with van der Waals surface area (Å²) in [4.78, 5) is 13.3. The maximum absolute atomic E-state index is 9.83. The lowest BCUT2D eigenvalue weighted by Gasteiger charge is -2.08. The maximum atomic E-state index is 9.83. The average Bonchev–Trinajstić information content (AvgIpc) is 2.20. The van der Waals surface area contributed by atoms with Gasteiger partial charge in [0.1, 0.15) is 0 Å². The van der Waals surface area contributed by atoms with Crippen LogP contribution in [0.4, 0.5) is 0 Å². The zero-order valence-corrected chi connectivity index (χ0v) is 8.31. The monoisotopic (exact) mass is 188 g/mol. The number of isocyanates is 1. The first-order valence-electron chi connectivity index (χ1n) is 4.74. The zero-order chi connectivity index (χ0) is 10.2. The molecule has 73 valence electrons. The van der Waals surface area contributed by atoms with E-state index in [-0.39, 0.29) is 0 Å². The molecule has 0 N–H and O–H groups in total. The molecule has 0 heterocycles. The highest BCUT2D eigenvalue weighted by Crippen LogP contribution is 2.10. The largest absolute Gasteiger partial charge is 0.234 e. The molecule has 0 saturated heterocycles. The van der Waals surface area contributed by atoms with Crippen LogP contribution in [0.2, 0.25) is 0 Å². The van der Waals surface area contributed by atoms with Crippen molar-refractivity contribution in [3.63, 3.8) is 0 Å². The van der Waals surface area contributed by atoms with Crippen LogP contribution in [-0.2, 0) is 11.2 Å². The van der Waals surface area contributed by atoms with Gasteiger partial charge in [-0.3, -0.25) is 0 Å². The fraction of sp³-hybridized carbons (Fsp3) is 0.333. The van der Waals surface area contributed by atoms with Crippen LogP contribution in [0.1, 0.15) is 12.5 Å². The normalized spacial score (nSPS) is 11.8. The Morgan fingerprint density at radius 3 is 2.79 bits per heavy atom. The van der Waals surface area contributed by atoms with E-state index in [1.165, 1.54) is 11.6 Å². The lowest BCUT2D eigenvalue weighted by atomic mass is 9.98. The Balaban J connectivity index is 2.33. The minimum atomic E-state index is 0.439. The van der Waals surface area contributed by atoms with Crippen molar-refractivity contribution in [1.29, 1.82) is 0 Å². The topological polar surface area (TPSA) is 29.4 Å². The average molecular weight is 188 g/mol. The number of nitrogens with zero attached hydrogens (tertiary/aromatic N) is 1. The third-order valence-electron chi connectivity index (χ3n) is 2.06. The second-order valence-electron chi connectivity index (χ2n) is 3.33. The molecule has 0 fully saturated rings. The number of benzene rings is 1. The SMILES string of the molecule is CC([CH]CN=C=O)Cc1ccccc1.